The number of carboxylic acid groups (broad SMARTS) is 1. The first-order chi connectivity index (χ1) is 18.0. The van der Waals surface area contributed by atoms with Gasteiger partial charge in [0.2, 0.25) is 5.95 Å². The molecule has 3 aromatic rings. The van der Waals surface area contributed by atoms with Crippen LogP contribution in [0.15, 0.2) is 47.8 Å². The molecule has 2 fully saturated rings. The van der Waals surface area contributed by atoms with Gasteiger partial charge in [-0.25, -0.2) is 14.8 Å². The summed E-state index contributed by atoms with van der Waals surface area (Å²) in [5.74, 6) is -0.344. The number of pyridine rings is 1. The number of piperidine rings is 1. The first kappa shape index (κ1) is 24.7. The van der Waals surface area contributed by atoms with Crippen molar-refractivity contribution in [2.24, 2.45) is 5.92 Å². The van der Waals surface area contributed by atoms with E-state index in [0.717, 1.165) is 49.8 Å². The van der Waals surface area contributed by atoms with Crippen LogP contribution in [0, 0.1) is 5.92 Å². The van der Waals surface area contributed by atoms with Crippen LogP contribution in [0.1, 0.15) is 34.5 Å². The topological polar surface area (TPSA) is 153 Å². The van der Waals surface area contributed by atoms with Crippen molar-refractivity contribution in [1.29, 1.82) is 0 Å². The Morgan fingerprint density at radius 1 is 1.24 bits per heavy atom. The molecule has 12 heteroatoms. The Bertz CT molecular complexity index is 1350. The number of imide groups is 1. The number of amides is 2. The molecule has 0 radical (unpaired) electrons. The Hall–Kier alpha value is -4.03. The lowest BCUT2D eigenvalue weighted by Gasteiger charge is -2.32. The molecule has 5 heterocycles. The molecule has 5 rings (SSSR count). The monoisotopic (exact) mass is 519 g/mol. The van der Waals surface area contributed by atoms with E-state index in [0.29, 0.717) is 40.4 Å². The Labute approximate surface area is 216 Å². The first-order valence-corrected chi connectivity index (χ1v) is 12.7. The molecule has 2 saturated heterocycles. The highest BCUT2D eigenvalue weighted by atomic mass is 32.2. The number of anilines is 1. The van der Waals surface area contributed by atoms with Gasteiger partial charge in [-0.05, 0) is 73.0 Å². The third kappa shape index (κ3) is 5.87. The maximum atomic E-state index is 11.8. The number of hydrogen-bond donors (Lipinski definition) is 4. The minimum atomic E-state index is -1.01. The van der Waals surface area contributed by atoms with E-state index in [2.05, 4.69) is 35.5 Å². The second-order valence-electron chi connectivity index (χ2n) is 8.82. The Morgan fingerprint density at radius 3 is 2.78 bits per heavy atom. The predicted octanol–water partition coefficient (Wildman–Crippen LogP) is 2.90. The molecule has 3 aromatic heterocycles. The molecule has 2 amide bonds. The minimum Gasteiger partial charge on any atom is -0.478 e. The van der Waals surface area contributed by atoms with Crippen LogP contribution < -0.4 is 15.5 Å². The molecule has 0 unspecified atom stereocenters. The number of carboxylic acids is 1. The number of aromatic carboxylic acids is 1. The van der Waals surface area contributed by atoms with E-state index in [1.54, 1.807) is 42.9 Å². The Morgan fingerprint density at radius 2 is 2.08 bits per heavy atom. The fourth-order valence-corrected chi connectivity index (χ4v) is 5.03. The molecule has 0 bridgehead atoms. The van der Waals surface area contributed by atoms with Crippen molar-refractivity contribution in [1.82, 2.24) is 30.6 Å². The van der Waals surface area contributed by atoms with Crippen LogP contribution in [0.25, 0.3) is 17.5 Å². The van der Waals surface area contributed by atoms with Crippen molar-refractivity contribution in [3.63, 3.8) is 0 Å². The molecule has 11 nitrogen and oxygen atoms in total. The van der Waals surface area contributed by atoms with Crippen LogP contribution in [-0.2, 0) is 11.3 Å². The molecule has 37 heavy (non-hydrogen) atoms. The maximum Gasteiger partial charge on any atom is 0.337 e. The van der Waals surface area contributed by atoms with Crippen LogP contribution in [0.5, 0.6) is 0 Å². The largest absolute Gasteiger partial charge is 0.478 e. The number of thioether (sulfide) groups is 1. The summed E-state index contributed by atoms with van der Waals surface area (Å²) in [7, 11) is 0. The van der Waals surface area contributed by atoms with Crippen LogP contribution in [0.3, 0.4) is 0 Å². The summed E-state index contributed by atoms with van der Waals surface area (Å²) < 4.78 is 0. The van der Waals surface area contributed by atoms with Crippen molar-refractivity contribution in [3.8, 4) is 11.4 Å². The zero-order chi connectivity index (χ0) is 25.8. The number of carbonyl (C=O) groups excluding carboxylic acids is 2. The molecule has 2 aliphatic rings. The van der Waals surface area contributed by atoms with Crippen molar-refractivity contribution in [2.75, 3.05) is 24.5 Å². The van der Waals surface area contributed by atoms with Crippen LogP contribution in [0.4, 0.5) is 10.7 Å². The summed E-state index contributed by atoms with van der Waals surface area (Å²) in [6, 6.07) is 6.98. The van der Waals surface area contributed by atoms with Gasteiger partial charge in [0.1, 0.15) is 5.69 Å². The van der Waals surface area contributed by atoms with Crippen molar-refractivity contribution in [2.45, 2.75) is 19.4 Å². The zero-order valence-corrected chi connectivity index (χ0v) is 20.6. The van der Waals surface area contributed by atoms with Gasteiger partial charge in [0, 0.05) is 38.2 Å². The van der Waals surface area contributed by atoms with Gasteiger partial charge < -0.3 is 20.3 Å². The second kappa shape index (κ2) is 10.9. The molecule has 0 aromatic carbocycles. The van der Waals surface area contributed by atoms with Gasteiger partial charge in [-0.1, -0.05) is 0 Å². The van der Waals surface area contributed by atoms with Crippen molar-refractivity contribution >= 4 is 40.9 Å². The van der Waals surface area contributed by atoms with Gasteiger partial charge in [0.15, 0.2) is 0 Å². The Balaban J connectivity index is 1.13. The smallest absolute Gasteiger partial charge is 0.337 e. The normalized spacial score (nSPS) is 17.4. The maximum absolute atomic E-state index is 11.8. The van der Waals surface area contributed by atoms with E-state index in [1.807, 2.05) is 6.07 Å². The summed E-state index contributed by atoms with van der Waals surface area (Å²) in [6.45, 7) is 2.94. The number of H-pyrrole nitrogens is 1. The molecule has 0 spiro atoms. The Kier molecular flexibility index (Phi) is 7.28. The van der Waals surface area contributed by atoms with E-state index in [4.69, 9.17) is 0 Å². The van der Waals surface area contributed by atoms with Gasteiger partial charge >= 0.3 is 5.97 Å². The molecule has 190 valence electrons. The molecule has 0 saturated carbocycles. The number of aromatic nitrogens is 4. The summed E-state index contributed by atoms with van der Waals surface area (Å²) in [4.78, 5) is 53.7. The molecular weight excluding hydrogens is 494 g/mol. The fourth-order valence-electron chi connectivity index (χ4n) is 4.37. The number of nitrogens with zero attached hydrogens (tertiary/aromatic N) is 4. The first-order valence-electron chi connectivity index (χ1n) is 11.9. The third-order valence-electron chi connectivity index (χ3n) is 6.27. The number of carbonyl (C=O) groups is 3. The third-order valence-corrected chi connectivity index (χ3v) is 7.08. The van der Waals surface area contributed by atoms with E-state index < -0.39 is 11.9 Å². The van der Waals surface area contributed by atoms with Crippen LogP contribution in [-0.4, -0.2) is 61.8 Å². The predicted molar refractivity (Wildman–Crippen MR) is 139 cm³/mol. The highest BCUT2D eigenvalue weighted by Gasteiger charge is 2.26. The number of nitrogens with one attached hydrogen (secondary N) is 3. The van der Waals surface area contributed by atoms with Gasteiger partial charge in [-0.2, -0.15) is 0 Å². The van der Waals surface area contributed by atoms with Crippen molar-refractivity contribution in [3.05, 3.63) is 64.6 Å². The van der Waals surface area contributed by atoms with E-state index >= 15 is 0 Å². The highest BCUT2D eigenvalue weighted by Crippen LogP contribution is 2.26. The minimum absolute atomic E-state index is 0.173. The van der Waals surface area contributed by atoms with E-state index in [1.165, 1.54) is 0 Å². The number of rotatable bonds is 8. The highest BCUT2D eigenvalue weighted by molar-refractivity contribution is 8.18. The van der Waals surface area contributed by atoms with Gasteiger partial charge in [-0.15, -0.1) is 0 Å². The standard InChI is InChI=1S/C25H25N7O4S/c33-22-20(37-25(36)31-22)11-17-3-7-28-24(30-17)32-8-4-15(5-9-32)12-26-13-16-10-18(23(34)35)21(29-14-16)19-2-1-6-27-19/h1-3,6-7,10-11,14-15,26-27H,4-5,8-9,12-13H2,(H,34,35)(H,31,33,36)/b20-11+. The lowest BCUT2D eigenvalue weighted by Crippen LogP contribution is -2.38. The van der Waals surface area contributed by atoms with Crippen LogP contribution in [0.2, 0.25) is 0 Å². The number of aromatic amines is 1. The van der Waals surface area contributed by atoms with E-state index in [9.17, 15) is 19.5 Å². The van der Waals surface area contributed by atoms with Crippen LogP contribution >= 0.6 is 11.8 Å². The molecular formula is C25H25N7O4S. The summed E-state index contributed by atoms with van der Waals surface area (Å²) >= 11 is 0.864. The summed E-state index contributed by atoms with van der Waals surface area (Å²) in [5.41, 5.74) is 2.67. The second-order valence-corrected chi connectivity index (χ2v) is 9.84. The molecule has 0 aliphatic carbocycles. The van der Waals surface area contributed by atoms with E-state index in [-0.39, 0.29) is 10.8 Å². The lowest BCUT2D eigenvalue weighted by molar-refractivity contribution is -0.115. The van der Waals surface area contributed by atoms with Gasteiger partial charge in [0.05, 0.1) is 21.9 Å². The summed E-state index contributed by atoms with van der Waals surface area (Å²) in [5, 5.41) is 14.9. The van der Waals surface area contributed by atoms with Gasteiger partial charge in [0.25, 0.3) is 11.1 Å². The molecule has 4 N–H and O–H groups in total. The van der Waals surface area contributed by atoms with Crippen molar-refractivity contribution < 1.29 is 19.5 Å². The average Bonchev–Trinajstić information content (AvgIpc) is 3.54. The quantitative estimate of drug-likeness (QED) is 0.327. The van der Waals surface area contributed by atoms with Gasteiger partial charge in [-0.3, -0.25) is 19.9 Å². The molecule has 0 atom stereocenters. The molecule has 2 aliphatic heterocycles. The summed E-state index contributed by atoms with van der Waals surface area (Å²) in [6.07, 6.45) is 8.62. The fraction of sp³-hybridized carbons (Fsp3) is 0.280. The lowest BCUT2D eigenvalue weighted by atomic mass is 9.97. The SMILES string of the molecule is O=C1NC(=O)/C(=C\c2ccnc(N3CCC(CNCc4cnc(-c5ccc[nH]5)c(C(=O)O)c4)CC3)n2)S1. The average molecular weight is 520 g/mol. The number of hydrogen-bond acceptors (Lipinski definition) is 9. The zero-order valence-electron chi connectivity index (χ0n) is 19.8.